The molecule has 2 rings (SSSR count). The number of benzene rings is 2. The maximum Gasteiger partial charge on any atom is 0.328 e. The van der Waals surface area contributed by atoms with Gasteiger partial charge in [-0.3, -0.25) is 4.79 Å². The molecule has 1 atom stereocenters. The normalized spacial score (nSPS) is 11.4. The summed E-state index contributed by atoms with van der Waals surface area (Å²) in [6.07, 6.45) is 0. The molecule has 23 heavy (non-hydrogen) atoms. The zero-order valence-electron chi connectivity index (χ0n) is 13.1. The van der Waals surface area contributed by atoms with Gasteiger partial charge in [-0.25, -0.2) is 4.79 Å². The average Bonchev–Trinajstić information content (AvgIpc) is 2.60. The maximum atomic E-state index is 12.0. The summed E-state index contributed by atoms with van der Waals surface area (Å²) in [5.41, 5.74) is 1.52. The Kier molecular flexibility index (Phi) is 5.74. The van der Waals surface area contributed by atoms with Gasteiger partial charge in [0.2, 0.25) is 0 Å². The first-order valence-electron chi connectivity index (χ1n) is 7.25. The SMILES string of the molecule is COC(=O)C(C)NC(=O)c1ccc(OCc2ccccc2)cc1. The van der Waals surface area contributed by atoms with Crippen molar-refractivity contribution in [3.8, 4) is 5.75 Å². The molecule has 0 aromatic heterocycles. The third-order valence-electron chi connectivity index (χ3n) is 3.27. The van der Waals surface area contributed by atoms with E-state index in [1.165, 1.54) is 7.11 Å². The minimum atomic E-state index is -0.693. The molecular formula is C18H19NO4. The molecule has 120 valence electrons. The zero-order valence-corrected chi connectivity index (χ0v) is 13.1. The van der Waals surface area contributed by atoms with E-state index in [1.54, 1.807) is 31.2 Å². The predicted molar refractivity (Wildman–Crippen MR) is 86.2 cm³/mol. The highest BCUT2D eigenvalue weighted by Gasteiger charge is 2.16. The summed E-state index contributed by atoms with van der Waals surface area (Å²) in [6, 6.07) is 15.9. The highest BCUT2D eigenvalue weighted by molar-refractivity contribution is 5.96. The molecule has 0 saturated heterocycles. The third-order valence-corrected chi connectivity index (χ3v) is 3.27. The van der Waals surface area contributed by atoms with Crippen molar-refractivity contribution < 1.29 is 19.1 Å². The van der Waals surface area contributed by atoms with Gasteiger partial charge in [0, 0.05) is 5.56 Å². The topological polar surface area (TPSA) is 64.6 Å². The number of hydrogen-bond donors (Lipinski definition) is 1. The van der Waals surface area contributed by atoms with Gasteiger partial charge in [-0.1, -0.05) is 30.3 Å². The second kappa shape index (κ2) is 7.98. The van der Waals surface area contributed by atoms with Crippen LogP contribution >= 0.6 is 0 Å². The van der Waals surface area contributed by atoms with Gasteiger partial charge in [0.25, 0.3) is 5.91 Å². The van der Waals surface area contributed by atoms with Gasteiger partial charge in [0.15, 0.2) is 0 Å². The van der Waals surface area contributed by atoms with E-state index < -0.39 is 12.0 Å². The molecule has 5 nitrogen and oxygen atoms in total. The van der Waals surface area contributed by atoms with Crippen molar-refractivity contribution in [3.63, 3.8) is 0 Å². The van der Waals surface area contributed by atoms with E-state index in [1.807, 2.05) is 30.3 Å². The lowest BCUT2D eigenvalue weighted by atomic mass is 10.2. The van der Waals surface area contributed by atoms with Crippen LogP contribution in [-0.2, 0) is 16.1 Å². The lowest BCUT2D eigenvalue weighted by Crippen LogP contribution is -2.39. The molecule has 0 saturated carbocycles. The van der Waals surface area contributed by atoms with E-state index in [4.69, 9.17) is 4.74 Å². The first kappa shape index (κ1) is 16.5. The summed E-state index contributed by atoms with van der Waals surface area (Å²) in [7, 11) is 1.28. The van der Waals surface area contributed by atoms with Crippen molar-refractivity contribution in [2.24, 2.45) is 0 Å². The summed E-state index contributed by atoms with van der Waals surface area (Å²) < 4.78 is 10.2. The fourth-order valence-corrected chi connectivity index (χ4v) is 1.96. The van der Waals surface area contributed by atoms with Crippen LogP contribution in [0.5, 0.6) is 5.75 Å². The second-order valence-corrected chi connectivity index (χ2v) is 5.02. The van der Waals surface area contributed by atoms with Crippen molar-refractivity contribution in [2.75, 3.05) is 7.11 Å². The number of hydrogen-bond acceptors (Lipinski definition) is 4. The average molecular weight is 313 g/mol. The number of esters is 1. The molecule has 0 aliphatic carbocycles. The van der Waals surface area contributed by atoms with Crippen LogP contribution in [0.3, 0.4) is 0 Å². The summed E-state index contributed by atoms with van der Waals surface area (Å²) >= 11 is 0. The number of amides is 1. The van der Waals surface area contributed by atoms with Crippen LogP contribution in [0.4, 0.5) is 0 Å². The molecule has 0 bridgehead atoms. The third kappa shape index (κ3) is 4.85. The van der Waals surface area contributed by atoms with Crippen molar-refractivity contribution in [1.82, 2.24) is 5.32 Å². The smallest absolute Gasteiger partial charge is 0.328 e. The first-order valence-corrected chi connectivity index (χ1v) is 7.25. The summed E-state index contributed by atoms with van der Waals surface area (Å²) in [5.74, 6) is -0.148. The van der Waals surface area contributed by atoms with Gasteiger partial charge >= 0.3 is 5.97 Å². The molecule has 1 unspecified atom stereocenters. The first-order chi connectivity index (χ1) is 11.1. The Morgan fingerprint density at radius 1 is 1.04 bits per heavy atom. The number of ether oxygens (including phenoxy) is 2. The van der Waals surface area contributed by atoms with Crippen LogP contribution in [0.25, 0.3) is 0 Å². The Bertz CT molecular complexity index is 652. The van der Waals surface area contributed by atoms with Crippen LogP contribution in [0, 0.1) is 0 Å². The summed E-state index contributed by atoms with van der Waals surface area (Å²) in [4.78, 5) is 23.3. The lowest BCUT2D eigenvalue weighted by molar-refractivity contribution is -0.142. The molecule has 1 N–H and O–H groups in total. The van der Waals surface area contributed by atoms with E-state index in [0.29, 0.717) is 17.9 Å². The van der Waals surface area contributed by atoms with Gasteiger partial charge in [-0.05, 0) is 36.8 Å². The van der Waals surface area contributed by atoms with Crippen molar-refractivity contribution >= 4 is 11.9 Å². The maximum absolute atomic E-state index is 12.0. The molecule has 1 amide bonds. The minimum absolute atomic E-state index is 0.336. The van der Waals surface area contributed by atoms with E-state index >= 15 is 0 Å². The number of nitrogens with one attached hydrogen (secondary N) is 1. The van der Waals surface area contributed by atoms with Crippen LogP contribution in [0.15, 0.2) is 54.6 Å². The Labute approximate surface area is 135 Å². The fraction of sp³-hybridized carbons (Fsp3) is 0.222. The van der Waals surface area contributed by atoms with Gasteiger partial charge < -0.3 is 14.8 Å². The molecule has 0 spiro atoms. The molecule has 5 heteroatoms. The highest BCUT2D eigenvalue weighted by Crippen LogP contribution is 2.14. The molecule has 0 heterocycles. The molecule has 0 aliphatic rings. The number of carbonyl (C=O) groups is 2. The van der Waals surface area contributed by atoms with E-state index in [9.17, 15) is 9.59 Å². The summed E-state index contributed by atoms with van der Waals surface area (Å²) in [6.45, 7) is 2.03. The highest BCUT2D eigenvalue weighted by atomic mass is 16.5. The van der Waals surface area contributed by atoms with Crippen LogP contribution in [0.2, 0.25) is 0 Å². The quantitative estimate of drug-likeness (QED) is 0.833. The zero-order chi connectivity index (χ0) is 16.7. The van der Waals surface area contributed by atoms with Crippen molar-refractivity contribution in [3.05, 3.63) is 65.7 Å². The Balaban J connectivity index is 1.91. The van der Waals surface area contributed by atoms with E-state index in [2.05, 4.69) is 10.1 Å². The predicted octanol–water partition coefficient (Wildman–Crippen LogP) is 2.56. The molecule has 0 fully saturated rings. The largest absolute Gasteiger partial charge is 0.489 e. The van der Waals surface area contributed by atoms with Crippen molar-refractivity contribution in [1.29, 1.82) is 0 Å². The number of carbonyl (C=O) groups excluding carboxylic acids is 2. The molecule has 2 aromatic carbocycles. The molecular weight excluding hydrogens is 294 g/mol. The Morgan fingerprint density at radius 3 is 2.30 bits per heavy atom. The Morgan fingerprint density at radius 2 is 1.70 bits per heavy atom. The van der Waals surface area contributed by atoms with Gasteiger partial charge in [0.1, 0.15) is 18.4 Å². The Hall–Kier alpha value is -2.82. The number of rotatable bonds is 6. The van der Waals surface area contributed by atoms with Crippen LogP contribution in [0.1, 0.15) is 22.8 Å². The second-order valence-electron chi connectivity index (χ2n) is 5.02. The van der Waals surface area contributed by atoms with E-state index in [-0.39, 0.29) is 5.91 Å². The molecule has 0 aliphatic heterocycles. The van der Waals surface area contributed by atoms with Gasteiger partial charge in [0.05, 0.1) is 7.11 Å². The summed E-state index contributed by atoms with van der Waals surface area (Å²) in [5, 5.41) is 2.57. The van der Waals surface area contributed by atoms with Crippen molar-refractivity contribution in [2.45, 2.75) is 19.6 Å². The van der Waals surface area contributed by atoms with Gasteiger partial charge in [-0.15, -0.1) is 0 Å². The van der Waals surface area contributed by atoms with Gasteiger partial charge in [-0.2, -0.15) is 0 Å². The lowest BCUT2D eigenvalue weighted by Gasteiger charge is -2.12. The monoisotopic (exact) mass is 313 g/mol. The molecule has 0 radical (unpaired) electrons. The van der Waals surface area contributed by atoms with E-state index in [0.717, 1.165) is 5.56 Å². The van der Waals surface area contributed by atoms with Crippen LogP contribution < -0.4 is 10.1 Å². The molecule has 2 aromatic rings. The minimum Gasteiger partial charge on any atom is -0.489 e. The van der Waals surface area contributed by atoms with Crippen LogP contribution in [-0.4, -0.2) is 25.0 Å². The standard InChI is InChI=1S/C18H19NO4/c1-13(18(21)22-2)19-17(20)15-8-10-16(11-9-15)23-12-14-6-4-3-5-7-14/h3-11,13H,12H2,1-2H3,(H,19,20). The number of methoxy groups -OCH3 is 1. The fourth-order valence-electron chi connectivity index (χ4n) is 1.96.